The van der Waals surface area contributed by atoms with E-state index >= 15 is 0 Å². The molecule has 0 aliphatic heterocycles. The highest BCUT2D eigenvalue weighted by Crippen LogP contribution is 2.19. The fourth-order valence-corrected chi connectivity index (χ4v) is 3.12. The molecule has 0 spiro atoms. The molecule has 0 atom stereocenters. The molecule has 0 unspecified atom stereocenters. The van der Waals surface area contributed by atoms with Gasteiger partial charge in [0.25, 0.3) is 0 Å². The Labute approximate surface area is 182 Å². The quantitative estimate of drug-likeness (QED) is 0.412. The molecule has 4 rings (SSSR count). The zero-order valence-corrected chi connectivity index (χ0v) is 17.4. The van der Waals surface area contributed by atoms with E-state index in [-0.39, 0.29) is 24.1 Å². The van der Waals surface area contributed by atoms with Crippen molar-refractivity contribution in [2.24, 2.45) is 0 Å². The maximum atomic E-state index is 13.1. The summed E-state index contributed by atoms with van der Waals surface area (Å²) in [5, 5.41) is 8.55. The van der Waals surface area contributed by atoms with Crippen LogP contribution in [0.1, 0.15) is 18.1 Å². The Kier molecular flexibility index (Phi) is 5.84. The van der Waals surface area contributed by atoms with Gasteiger partial charge in [0.05, 0.1) is 20.2 Å². The van der Waals surface area contributed by atoms with Crippen LogP contribution in [0, 0.1) is 5.82 Å². The van der Waals surface area contributed by atoms with Crippen LogP contribution >= 0.6 is 0 Å². The number of nitrogens with zero attached hydrogens (tertiary/aromatic N) is 5. The van der Waals surface area contributed by atoms with E-state index in [0.29, 0.717) is 6.54 Å². The Morgan fingerprint density at radius 1 is 1.00 bits per heavy atom. The molecule has 2 aromatic heterocycles. The number of rotatable bonds is 7. The largest absolute Gasteiger partial charge is 0.497 e. The number of hydrogen-bond acceptors (Lipinski definition) is 6. The molecule has 0 bridgehead atoms. The van der Waals surface area contributed by atoms with E-state index in [1.807, 2.05) is 24.3 Å². The summed E-state index contributed by atoms with van der Waals surface area (Å²) >= 11 is 0. The number of carbonyl (C=O) groups is 1. The van der Waals surface area contributed by atoms with Crippen molar-refractivity contribution < 1.29 is 18.7 Å². The minimum absolute atomic E-state index is 0.176. The van der Waals surface area contributed by atoms with Gasteiger partial charge in [0.2, 0.25) is 5.88 Å². The predicted octanol–water partition coefficient (Wildman–Crippen LogP) is 2.40. The summed E-state index contributed by atoms with van der Waals surface area (Å²) in [7, 11) is 1.58. The van der Waals surface area contributed by atoms with Crippen molar-refractivity contribution in [2.45, 2.75) is 20.0 Å². The Bertz CT molecular complexity index is 1290. The molecular weight excluding hydrogens is 417 g/mol. The average Bonchev–Trinajstić information content (AvgIpc) is 3.33. The number of benzene rings is 2. The van der Waals surface area contributed by atoms with Crippen LogP contribution in [-0.4, -0.2) is 37.2 Å². The maximum absolute atomic E-state index is 13.1. The molecule has 0 N–H and O–H groups in total. The van der Waals surface area contributed by atoms with Crippen LogP contribution in [-0.2, 0) is 17.9 Å². The monoisotopic (exact) mass is 437 g/mol. The van der Waals surface area contributed by atoms with Crippen molar-refractivity contribution in [3.05, 3.63) is 88.4 Å². The highest BCUT2D eigenvalue weighted by Gasteiger charge is 2.16. The Hall–Kier alpha value is -4.21. The number of esters is 1. The summed E-state index contributed by atoms with van der Waals surface area (Å²) in [6, 6.07) is 14.7. The molecule has 2 aromatic carbocycles. The molecule has 0 aliphatic rings. The van der Waals surface area contributed by atoms with Crippen molar-refractivity contribution in [1.82, 2.24) is 24.1 Å². The van der Waals surface area contributed by atoms with E-state index in [4.69, 9.17) is 9.47 Å². The molecule has 0 radical (unpaired) electrons. The van der Waals surface area contributed by atoms with Crippen LogP contribution in [0.4, 0.5) is 4.39 Å². The third kappa shape index (κ3) is 4.59. The van der Waals surface area contributed by atoms with Gasteiger partial charge in [0, 0.05) is 13.0 Å². The van der Waals surface area contributed by atoms with Crippen LogP contribution in [0.5, 0.6) is 11.6 Å². The third-order valence-electron chi connectivity index (χ3n) is 4.70. The first-order valence-electron chi connectivity index (χ1n) is 9.71. The van der Waals surface area contributed by atoms with E-state index in [9.17, 15) is 14.0 Å². The van der Waals surface area contributed by atoms with Gasteiger partial charge in [-0.2, -0.15) is 10.2 Å². The molecule has 0 amide bonds. The van der Waals surface area contributed by atoms with E-state index in [0.717, 1.165) is 16.9 Å². The molecule has 0 aliphatic carbocycles. The maximum Gasteiger partial charge on any atom is 0.351 e. The van der Waals surface area contributed by atoms with Crippen LogP contribution in [0.25, 0.3) is 5.82 Å². The number of ether oxygens (including phenoxy) is 2. The second-order valence-electron chi connectivity index (χ2n) is 7.01. The Balaban J connectivity index is 1.63. The first-order chi connectivity index (χ1) is 15.4. The lowest BCUT2D eigenvalue weighted by atomic mass is 10.2. The molecular formula is C22H20FN5O4. The van der Waals surface area contributed by atoms with Crippen molar-refractivity contribution in [1.29, 1.82) is 0 Å². The fourth-order valence-electron chi connectivity index (χ4n) is 3.12. The van der Waals surface area contributed by atoms with Crippen LogP contribution < -0.4 is 15.2 Å². The zero-order valence-electron chi connectivity index (χ0n) is 17.4. The summed E-state index contributed by atoms with van der Waals surface area (Å²) in [5.74, 6) is 0.306. The third-order valence-corrected chi connectivity index (χ3v) is 4.70. The van der Waals surface area contributed by atoms with Gasteiger partial charge in [-0.15, -0.1) is 0 Å². The van der Waals surface area contributed by atoms with E-state index in [1.165, 1.54) is 45.4 Å². The van der Waals surface area contributed by atoms with Gasteiger partial charge >= 0.3 is 11.7 Å². The SMILES string of the molecule is COc1ccc(Cn2nc(-n3cnn(Cc4ccc(F)cc4)c3=O)cc2OC(C)=O)cc1. The highest BCUT2D eigenvalue weighted by atomic mass is 19.1. The average molecular weight is 437 g/mol. The van der Waals surface area contributed by atoms with Crippen LogP contribution in [0.2, 0.25) is 0 Å². The van der Waals surface area contributed by atoms with Crippen molar-refractivity contribution in [2.75, 3.05) is 7.11 Å². The van der Waals surface area contributed by atoms with E-state index in [1.54, 1.807) is 19.2 Å². The fraction of sp³-hybridized carbons (Fsp3) is 0.182. The summed E-state index contributed by atoms with van der Waals surface area (Å²) in [4.78, 5) is 24.4. The highest BCUT2D eigenvalue weighted by molar-refractivity contribution is 5.69. The number of methoxy groups -OCH3 is 1. The lowest BCUT2D eigenvalue weighted by Gasteiger charge is -2.07. The van der Waals surface area contributed by atoms with Crippen molar-refractivity contribution in [3.8, 4) is 17.4 Å². The van der Waals surface area contributed by atoms with Gasteiger partial charge in [0.1, 0.15) is 17.9 Å². The number of carbonyl (C=O) groups excluding carboxylic acids is 1. The number of halogens is 1. The first-order valence-corrected chi connectivity index (χ1v) is 9.71. The Morgan fingerprint density at radius 3 is 2.25 bits per heavy atom. The van der Waals surface area contributed by atoms with Gasteiger partial charge in [-0.3, -0.25) is 4.79 Å². The van der Waals surface area contributed by atoms with E-state index < -0.39 is 11.7 Å². The molecule has 0 saturated carbocycles. The molecule has 2 heterocycles. The summed E-state index contributed by atoms with van der Waals surface area (Å²) in [6.45, 7) is 1.78. The van der Waals surface area contributed by atoms with Crippen molar-refractivity contribution >= 4 is 5.97 Å². The molecule has 9 nitrogen and oxygen atoms in total. The van der Waals surface area contributed by atoms with Gasteiger partial charge in [-0.1, -0.05) is 24.3 Å². The summed E-state index contributed by atoms with van der Waals surface area (Å²) in [5.41, 5.74) is 1.19. The second kappa shape index (κ2) is 8.88. The lowest BCUT2D eigenvalue weighted by molar-refractivity contribution is -0.132. The smallest absolute Gasteiger partial charge is 0.351 e. The van der Waals surface area contributed by atoms with Gasteiger partial charge in [0.15, 0.2) is 5.82 Å². The molecule has 32 heavy (non-hydrogen) atoms. The van der Waals surface area contributed by atoms with Crippen LogP contribution in [0.3, 0.4) is 0 Å². The minimum Gasteiger partial charge on any atom is -0.497 e. The molecule has 4 aromatic rings. The second-order valence-corrected chi connectivity index (χ2v) is 7.01. The Morgan fingerprint density at radius 2 is 1.62 bits per heavy atom. The number of hydrogen-bond donors (Lipinski definition) is 0. The van der Waals surface area contributed by atoms with Gasteiger partial charge in [-0.05, 0) is 35.4 Å². The molecule has 0 saturated heterocycles. The summed E-state index contributed by atoms with van der Waals surface area (Å²) < 4.78 is 27.5. The lowest BCUT2D eigenvalue weighted by Crippen LogP contribution is -2.24. The van der Waals surface area contributed by atoms with Gasteiger partial charge in [-0.25, -0.2) is 23.1 Å². The number of aromatic nitrogens is 5. The topological polar surface area (TPSA) is 93.2 Å². The molecule has 0 fully saturated rings. The zero-order chi connectivity index (χ0) is 22.7. The van der Waals surface area contributed by atoms with Gasteiger partial charge < -0.3 is 9.47 Å². The standard InChI is InChI=1S/C22H20FN5O4/c1-15(29)32-21-11-20(25-27(21)12-17-5-9-19(31-2)10-6-17)26-14-24-28(22(26)30)13-16-3-7-18(23)8-4-16/h3-11,14H,12-13H2,1-2H3. The van der Waals surface area contributed by atoms with Crippen molar-refractivity contribution in [3.63, 3.8) is 0 Å². The molecule has 10 heteroatoms. The normalized spacial score (nSPS) is 10.8. The first kappa shape index (κ1) is 21.0. The van der Waals surface area contributed by atoms with Crippen LogP contribution in [0.15, 0.2) is 65.7 Å². The minimum atomic E-state index is -0.508. The van der Waals surface area contributed by atoms with E-state index in [2.05, 4.69) is 10.2 Å². The predicted molar refractivity (Wildman–Crippen MR) is 113 cm³/mol. The summed E-state index contributed by atoms with van der Waals surface area (Å²) in [6.07, 6.45) is 1.34. The molecule has 164 valence electrons.